The van der Waals surface area contributed by atoms with E-state index >= 15 is 0 Å². The summed E-state index contributed by atoms with van der Waals surface area (Å²) in [4.78, 5) is 16.8. The van der Waals surface area contributed by atoms with Gasteiger partial charge in [0.15, 0.2) is 0 Å². The topological polar surface area (TPSA) is 42.0 Å². The van der Waals surface area contributed by atoms with Gasteiger partial charge in [0.2, 0.25) is 5.91 Å². The van der Waals surface area contributed by atoms with E-state index in [1.54, 1.807) is 12.4 Å². The van der Waals surface area contributed by atoms with Gasteiger partial charge in [0.25, 0.3) is 0 Å². The molecule has 0 saturated heterocycles. The molecular formula is C17H22N2O. The number of nitrogens with one attached hydrogen (secondary N) is 1. The van der Waals surface area contributed by atoms with Crippen LogP contribution < -0.4 is 5.32 Å². The molecule has 1 aromatic rings. The van der Waals surface area contributed by atoms with Gasteiger partial charge in [-0.15, -0.1) is 0 Å². The van der Waals surface area contributed by atoms with E-state index in [1.807, 2.05) is 12.1 Å². The molecule has 0 aliphatic heterocycles. The monoisotopic (exact) mass is 270 g/mol. The summed E-state index contributed by atoms with van der Waals surface area (Å²) in [5, 5.41) is 3.09. The molecular weight excluding hydrogens is 248 g/mol. The van der Waals surface area contributed by atoms with Crippen LogP contribution in [0.4, 0.5) is 0 Å². The maximum absolute atomic E-state index is 12.7. The summed E-state index contributed by atoms with van der Waals surface area (Å²) in [6.07, 6.45) is 6.61. The van der Waals surface area contributed by atoms with Crippen LogP contribution in [-0.4, -0.2) is 10.9 Å². The SMILES string of the molecule is C=C1C(C)(C)[C@H]2CC[C@@]1(C(=O)NCc1cccnc1)C2. The van der Waals surface area contributed by atoms with E-state index in [1.165, 1.54) is 0 Å². The number of carbonyl (C=O) groups is 1. The van der Waals surface area contributed by atoms with E-state index in [9.17, 15) is 4.79 Å². The lowest BCUT2D eigenvalue weighted by atomic mass is 9.68. The van der Waals surface area contributed by atoms with Gasteiger partial charge in [-0.3, -0.25) is 9.78 Å². The highest BCUT2D eigenvalue weighted by Gasteiger charge is 2.60. The lowest BCUT2D eigenvalue weighted by Crippen LogP contribution is -2.41. The van der Waals surface area contributed by atoms with Crippen LogP contribution in [-0.2, 0) is 11.3 Å². The normalized spacial score (nSPS) is 30.5. The Bertz CT molecular complexity index is 549. The minimum atomic E-state index is -0.323. The molecule has 20 heavy (non-hydrogen) atoms. The zero-order valence-corrected chi connectivity index (χ0v) is 12.3. The van der Waals surface area contributed by atoms with Gasteiger partial charge in [-0.2, -0.15) is 0 Å². The Kier molecular flexibility index (Phi) is 2.96. The van der Waals surface area contributed by atoms with Crippen molar-refractivity contribution in [2.45, 2.75) is 39.7 Å². The van der Waals surface area contributed by atoms with Crippen LogP contribution >= 0.6 is 0 Å². The molecule has 1 aromatic heterocycles. The molecule has 0 radical (unpaired) electrons. The number of aromatic nitrogens is 1. The van der Waals surface area contributed by atoms with Crippen LogP contribution in [0.15, 0.2) is 36.7 Å². The predicted molar refractivity (Wildman–Crippen MR) is 78.8 cm³/mol. The molecule has 3 heteroatoms. The van der Waals surface area contributed by atoms with Gasteiger partial charge in [0.1, 0.15) is 0 Å². The molecule has 2 aliphatic rings. The number of hydrogen-bond acceptors (Lipinski definition) is 2. The minimum absolute atomic E-state index is 0.101. The second-order valence-corrected chi connectivity index (χ2v) is 6.77. The van der Waals surface area contributed by atoms with Gasteiger partial charge >= 0.3 is 0 Å². The lowest BCUT2D eigenvalue weighted by molar-refractivity contribution is -0.128. The van der Waals surface area contributed by atoms with Crippen LogP contribution in [0, 0.1) is 16.7 Å². The van der Waals surface area contributed by atoms with E-state index in [0.717, 1.165) is 30.4 Å². The average Bonchev–Trinajstić information content (AvgIpc) is 2.98. The zero-order valence-electron chi connectivity index (χ0n) is 12.3. The highest BCUT2D eigenvalue weighted by molar-refractivity contribution is 5.87. The molecule has 3 nitrogen and oxygen atoms in total. The number of nitrogens with zero attached hydrogens (tertiary/aromatic N) is 1. The standard InChI is InChI=1S/C17H22N2O/c1-12-16(2,3)14-6-7-17(12,9-14)15(20)19-11-13-5-4-8-18-10-13/h4-5,8,10,14H,1,6-7,9,11H2,2-3H3,(H,19,20)/t14-,17+/m0/s1. The quantitative estimate of drug-likeness (QED) is 0.858. The number of carbonyl (C=O) groups excluding carboxylic acids is 1. The number of hydrogen-bond donors (Lipinski definition) is 1. The Hall–Kier alpha value is -1.64. The van der Waals surface area contributed by atoms with Gasteiger partial charge in [-0.25, -0.2) is 0 Å². The summed E-state index contributed by atoms with van der Waals surface area (Å²) in [5.74, 6) is 0.763. The first-order valence-electron chi connectivity index (χ1n) is 7.34. The Morgan fingerprint density at radius 3 is 2.95 bits per heavy atom. The van der Waals surface area contributed by atoms with Crippen LogP contribution in [0.5, 0.6) is 0 Å². The van der Waals surface area contributed by atoms with Gasteiger partial charge in [0, 0.05) is 18.9 Å². The van der Waals surface area contributed by atoms with E-state index in [4.69, 9.17) is 0 Å². The van der Waals surface area contributed by atoms with Crippen molar-refractivity contribution in [1.29, 1.82) is 0 Å². The summed E-state index contributed by atoms with van der Waals surface area (Å²) < 4.78 is 0. The van der Waals surface area contributed by atoms with Crippen LogP contribution in [0.3, 0.4) is 0 Å². The Morgan fingerprint density at radius 2 is 2.35 bits per heavy atom. The third kappa shape index (κ3) is 1.80. The van der Waals surface area contributed by atoms with Gasteiger partial charge in [-0.1, -0.05) is 32.1 Å². The first kappa shape index (κ1) is 13.3. The summed E-state index contributed by atoms with van der Waals surface area (Å²) in [6, 6.07) is 3.87. The third-order valence-electron chi connectivity index (χ3n) is 5.50. The second-order valence-electron chi connectivity index (χ2n) is 6.77. The summed E-state index contributed by atoms with van der Waals surface area (Å²) >= 11 is 0. The van der Waals surface area contributed by atoms with Crippen molar-refractivity contribution in [3.63, 3.8) is 0 Å². The highest BCUT2D eigenvalue weighted by Crippen LogP contribution is 2.65. The van der Waals surface area contributed by atoms with E-state index in [-0.39, 0.29) is 16.7 Å². The number of fused-ring (bicyclic) bond motifs is 2. The van der Waals surface area contributed by atoms with Crippen molar-refractivity contribution in [2.24, 2.45) is 16.7 Å². The number of amides is 1. The number of pyridine rings is 1. The van der Waals surface area contributed by atoms with Crippen LogP contribution in [0.1, 0.15) is 38.7 Å². The summed E-state index contributed by atoms with van der Waals surface area (Å²) in [6.45, 7) is 9.28. The van der Waals surface area contributed by atoms with Crippen molar-refractivity contribution in [2.75, 3.05) is 0 Å². The largest absolute Gasteiger partial charge is 0.351 e. The average molecular weight is 270 g/mol. The first-order chi connectivity index (χ1) is 9.47. The van der Waals surface area contributed by atoms with Crippen molar-refractivity contribution in [1.82, 2.24) is 10.3 Å². The first-order valence-corrected chi connectivity index (χ1v) is 7.34. The van der Waals surface area contributed by atoms with Crippen molar-refractivity contribution in [3.8, 4) is 0 Å². The van der Waals surface area contributed by atoms with Gasteiger partial charge < -0.3 is 5.32 Å². The second kappa shape index (κ2) is 4.44. The van der Waals surface area contributed by atoms with E-state index in [2.05, 4.69) is 30.7 Å². The molecule has 2 bridgehead atoms. The highest BCUT2D eigenvalue weighted by atomic mass is 16.2. The molecule has 3 rings (SSSR count). The molecule has 2 fully saturated rings. The molecule has 2 saturated carbocycles. The van der Waals surface area contributed by atoms with Crippen LogP contribution in [0.2, 0.25) is 0 Å². The number of rotatable bonds is 3. The molecule has 0 unspecified atom stereocenters. The Morgan fingerprint density at radius 1 is 1.55 bits per heavy atom. The van der Waals surface area contributed by atoms with Gasteiger partial charge in [0.05, 0.1) is 5.41 Å². The fourth-order valence-corrected chi connectivity index (χ4v) is 4.00. The van der Waals surface area contributed by atoms with Gasteiger partial charge in [-0.05, 0) is 42.2 Å². The maximum atomic E-state index is 12.7. The molecule has 106 valence electrons. The molecule has 1 N–H and O–H groups in total. The smallest absolute Gasteiger partial charge is 0.230 e. The fourth-order valence-electron chi connectivity index (χ4n) is 4.00. The van der Waals surface area contributed by atoms with E-state index in [0.29, 0.717) is 12.5 Å². The Balaban J connectivity index is 1.73. The fraction of sp³-hybridized carbons (Fsp3) is 0.529. The third-order valence-corrected chi connectivity index (χ3v) is 5.50. The Labute approximate surface area is 120 Å². The maximum Gasteiger partial charge on any atom is 0.230 e. The van der Waals surface area contributed by atoms with Crippen molar-refractivity contribution in [3.05, 3.63) is 42.2 Å². The predicted octanol–water partition coefficient (Wildman–Crippen LogP) is 3.08. The minimum Gasteiger partial charge on any atom is -0.351 e. The van der Waals surface area contributed by atoms with Crippen molar-refractivity contribution >= 4 is 5.91 Å². The molecule has 0 spiro atoms. The molecule has 1 amide bonds. The molecule has 0 aromatic carbocycles. The molecule has 2 aliphatic carbocycles. The molecule has 1 heterocycles. The van der Waals surface area contributed by atoms with Crippen molar-refractivity contribution < 1.29 is 4.79 Å². The van der Waals surface area contributed by atoms with Crippen LogP contribution in [0.25, 0.3) is 0 Å². The summed E-state index contributed by atoms with van der Waals surface area (Å²) in [5.41, 5.74) is 1.94. The molecule has 2 atom stereocenters. The zero-order chi connectivity index (χ0) is 14.4. The van der Waals surface area contributed by atoms with E-state index < -0.39 is 0 Å². The summed E-state index contributed by atoms with van der Waals surface area (Å²) in [7, 11) is 0. The lowest BCUT2D eigenvalue weighted by Gasteiger charge is -2.37.